The van der Waals surface area contributed by atoms with Crippen LogP contribution in [0, 0.1) is 6.92 Å². The fraction of sp³-hybridized carbons (Fsp3) is 0.500. The Bertz CT molecular complexity index is 270. The molecule has 0 spiro atoms. The maximum Gasteiger partial charge on any atom is 0.129 e. The van der Waals surface area contributed by atoms with Gasteiger partial charge in [-0.1, -0.05) is 13.8 Å². The Hall–Kier alpha value is -1.38. The summed E-state index contributed by atoms with van der Waals surface area (Å²) in [5.74, 6) is 2.28. The zero-order valence-electron chi connectivity index (χ0n) is 10.4. The van der Waals surface area contributed by atoms with E-state index < -0.39 is 0 Å². The van der Waals surface area contributed by atoms with E-state index in [0.717, 1.165) is 22.8 Å². The summed E-state index contributed by atoms with van der Waals surface area (Å²) in [4.78, 5) is 0. The Kier molecular flexibility index (Phi) is 6.34. The molecule has 0 aliphatic heterocycles. The Morgan fingerprint density at radius 2 is 1.20 bits per heavy atom. The minimum atomic E-state index is 0.735. The van der Waals surface area contributed by atoms with Gasteiger partial charge in [0.2, 0.25) is 0 Å². The first-order valence-corrected chi connectivity index (χ1v) is 4.99. The smallest absolute Gasteiger partial charge is 0.129 e. The summed E-state index contributed by atoms with van der Waals surface area (Å²) in [6.45, 7) is 5.94. The molecule has 0 aromatic heterocycles. The van der Waals surface area contributed by atoms with E-state index in [1.54, 1.807) is 21.3 Å². The van der Waals surface area contributed by atoms with Gasteiger partial charge >= 0.3 is 0 Å². The third kappa shape index (κ3) is 3.35. The highest BCUT2D eigenvalue weighted by Gasteiger charge is 2.07. The standard InChI is InChI=1S/C10H14O3.C2H6/c1-7-9(12-3)5-8(11-2)6-10(7)13-4;1-2/h5-6H,1-4H3;1-2H3. The molecule has 0 N–H and O–H groups in total. The van der Waals surface area contributed by atoms with Gasteiger partial charge in [0.25, 0.3) is 0 Å². The van der Waals surface area contributed by atoms with Gasteiger partial charge in [-0.05, 0) is 6.92 Å². The molecule has 0 aliphatic carbocycles. The van der Waals surface area contributed by atoms with Crippen LogP contribution in [0.2, 0.25) is 0 Å². The lowest BCUT2D eigenvalue weighted by atomic mass is 10.2. The van der Waals surface area contributed by atoms with E-state index in [-0.39, 0.29) is 0 Å². The zero-order valence-corrected chi connectivity index (χ0v) is 10.4. The van der Waals surface area contributed by atoms with E-state index in [4.69, 9.17) is 14.2 Å². The van der Waals surface area contributed by atoms with E-state index in [9.17, 15) is 0 Å². The second kappa shape index (κ2) is 6.98. The fourth-order valence-corrected chi connectivity index (χ4v) is 1.18. The van der Waals surface area contributed by atoms with Gasteiger partial charge in [-0.15, -0.1) is 0 Å². The monoisotopic (exact) mass is 212 g/mol. The quantitative estimate of drug-likeness (QED) is 0.770. The van der Waals surface area contributed by atoms with Gasteiger partial charge in [0.05, 0.1) is 21.3 Å². The number of methoxy groups -OCH3 is 3. The highest BCUT2D eigenvalue weighted by atomic mass is 16.5. The van der Waals surface area contributed by atoms with Gasteiger partial charge in [0.1, 0.15) is 17.2 Å². The predicted octanol–water partition coefficient (Wildman–Crippen LogP) is 3.05. The molecule has 0 saturated carbocycles. The average Bonchev–Trinajstić information content (AvgIpc) is 2.32. The van der Waals surface area contributed by atoms with Crippen molar-refractivity contribution in [3.05, 3.63) is 17.7 Å². The summed E-state index contributed by atoms with van der Waals surface area (Å²) < 4.78 is 15.4. The summed E-state index contributed by atoms with van der Waals surface area (Å²) in [5.41, 5.74) is 0.978. The highest BCUT2D eigenvalue weighted by molar-refractivity contribution is 5.49. The van der Waals surface area contributed by atoms with Crippen molar-refractivity contribution in [3.8, 4) is 17.2 Å². The largest absolute Gasteiger partial charge is 0.496 e. The lowest BCUT2D eigenvalue weighted by molar-refractivity contribution is 0.371. The summed E-state index contributed by atoms with van der Waals surface area (Å²) in [6.07, 6.45) is 0. The second-order valence-electron chi connectivity index (χ2n) is 2.66. The van der Waals surface area contributed by atoms with Crippen molar-refractivity contribution >= 4 is 0 Å². The topological polar surface area (TPSA) is 27.7 Å². The first kappa shape index (κ1) is 13.6. The normalized spacial score (nSPS) is 8.67. The van der Waals surface area contributed by atoms with E-state index in [2.05, 4.69) is 0 Å². The van der Waals surface area contributed by atoms with Crippen molar-refractivity contribution in [2.45, 2.75) is 20.8 Å². The van der Waals surface area contributed by atoms with Crippen LogP contribution >= 0.6 is 0 Å². The maximum atomic E-state index is 5.17. The Morgan fingerprint density at radius 3 is 1.47 bits per heavy atom. The molecule has 0 unspecified atom stereocenters. The molecular weight excluding hydrogens is 192 g/mol. The van der Waals surface area contributed by atoms with Crippen molar-refractivity contribution in [1.29, 1.82) is 0 Å². The van der Waals surface area contributed by atoms with E-state index in [0.29, 0.717) is 0 Å². The van der Waals surface area contributed by atoms with Gasteiger partial charge in [-0.25, -0.2) is 0 Å². The third-order valence-electron chi connectivity index (χ3n) is 1.96. The molecule has 0 fully saturated rings. The molecule has 1 rings (SSSR count). The average molecular weight is 212 g/mol. The van der Waals surface area contributed by atoms with Crippen LogP contribution in [0.1, 0.15) is 19.4 Å². The molecule has 0 amide bonds. The van der Waals surface area contributed by atoms with Crippen LogP contribution < -0.4 is 14.2 Å². The van der Waals surface area contributed by atoms with Crippen LogP contribution in [0.3, 0.4) is 0 Å². The predicted molar refractivity (Wildman–Crippen MR) is 62.2 cm³/mol. The van der Waals surface area contributed by atoms with Crippen molar-refractivity contribution in [3.63, 3.8) is 0 Å². The molecule has 86 valence electrons. The molecule has 0 aliphatic rings. The number of rotatable bonds is 3. The van der Waals surface area contributed by atoms with E-state index in [1.165, 1.54) is 0 Å². The molecule has 3 nitrogen and oxygen atoms in total. The molecule has 0 heterocycles. The van der Waals surface area contributed by atoms with Crippen molar-refractivity contribution < 1.29 is 14.2 Å². The fourth-order valence-electron chi connectivity index (χ4n) is 1.18. The number of benzene rings is 1. The van der Waals surface area contributed by atoms with Crippen LogP contribution in [0.25, 0.3) is 0 Å². The van der Waals surface area contributed by atoms with E-state index in [1.807, 2.05) is 32.9 Å². The van der Waals surface area contributed by atoms with Gasteiger partial charge in [0.15, 0.2) is 0 Å². The van der Waals surface area contributed by atoms with Crippen LogP contribution in [-0.4, -0.2) is 21.3 Å². The minimum Gasteiger partial charge on any atom is -0.496 e. The number of ether oxygens (including phenoxy) is 3. The third-order valence-corrected chi connectivity index (χ3v) is 1.96. The molecule has 15 heavy (non-hydrogen) atoms. The summed E-state index contributed by atoms with van der Waals surface area (Å²) >= 11 is 0. The first-order chi connectivity index (χ1) is 7.22. The van der Waals surface area contributed by atoms with Gasteiger partial charge in [0, 0.05) is 17.7 Å². The second-order valence-corrected chi connectivity index (χ2v) is 2.66. The maximum absolute atomic E-state index is 5.17. The SMILES string of the molecule is CC.COc1cc(OC)c(C)c(OC)c1. The van der Waals surface area contributed by atoms with Crippen LogP contribution in [0.15, 0.2) is 12.1 Å². The van der Waals surface area contributed by atoms with Crippen molar-refractivity contribution in [1.82, 2.24) is 0 Å². The van der Waals surface area contributed by atoms with Gasteiger partial charge in [-0.3, -0.25) is 0 Å². The lowest BCUT2D eigenvalue weighted by Crippen LogP contribution is -1.94. The first-order valence-electron chi connectivity index (χ1n) is 4.99. The Morgan fingerprint density at radius 1 is 0.800 bits per heavy atom. The molecule has 0 atom stereocenters. The summed E-state index contributed by atoms with van der Waals surface area (Å²) in [6, 6.07) is 3.66. The number of hydrogen-bond acceptors (Lipinski definition) is 3. The molecule has 1 aromatic rings. The lowest BCUT2D eigenvalue weighted by Gasteiger charge is -2.11. The Labute approximate surface area is 92.0 Å². The van der Waals surface area contributed by atoms with Crippen LogP contribution in [-0.2, 0) is 0 Å². The minimum absolute atomic E-state index is 0.735. The van der Waals surface area contributed by atoms with Crippen LogP contribution in [0.4, 0.5) is 0 Å². The molecule has 0 bridgehead atoms. The molecule has 3 heteroatoms. The molecule has 1 aromatic carbocycles. The van der Waals surface area contributed by atoms with E-state index >= 15 is 0 Å². The summed E-state index contributed by atoms with van der Waals surface area (Å²) in [7, 11) is 4.87. The van der Waals surface area contributed by atoms with Gasteiger partial charge < -0.3 is 14.2 Å². The van der Waals surface area contributed by atoms with Crippen molar-refractivity contribution in [2.75, 3.05) is 21.3 Å². The molecule has 0 radical (unpaired) electrons. The molecular formula is C12H20O3. The summed E-state index contributed by atoms with van der Waals surface area (Å²) in [5, 5.41) is 0. The van der Waals surface area contributed by atoms with Crippen LogP contribution in [0.5, 0.6) is 17.2 Å². The van der Waals surface area contributed by atoms with Gasteiger partial charge in [-0.2, -0.15) is 0 Å². The Balaban J connectivity index is 0.000000921. The molecule has 0 saturated heterocycles. The highest BCUT2D eigenvalue weighted by Crippen LogP contribution is 2.32. The zero-order chi connectivity index (χ0) is 11.8. The van der Waals surface area contributed by atoms with Crippen molar-refractivity contribution in [2.24, 2.45) is 0 Å². The number of hydrogen-bond donors (Lipinski definition) is 0.